The van der Waals surface area contributed by atoms with Crippen molar-refractivity contribution < 1.29 is 9.90 Å². The second-order valence-corrected chi connectivity index (χ2v) is 1.51. The van der Waals surface area contributed by atoms with Crippen LogP contribution in [-0.4, -0.2) is 16.4 Å². The van der Waals surface area contributed by atoms with Crippen LogP contribution >= 0.6 is 12.2 Å². The molecule has 0 heterocycles. The van der Waals surface area contributed by atoms with Crippen LogP contribution in [0.4, 0.5) is 0 Å². The average Bonchev–Trinajstić information content (AvgIpc) is 1.69. The summed E-state index contributed by atoms with van der Waals surface area (Å²) in [5.74, 6) is -1.62. The molecule has 0 bridgehead atoms. The van der Waals surface area contributed by atoms with E-state index < -0.39 is 11.9 Å². The van der Waals surface area contributed by atoms with Gasteiger partial charge in [0.05, 0.1) is 0 Å². The number of carboxylic acid groups (broad SMARTS) is 1. The van der Waals surface area contributed by atoms with Gasteiger partial charge in [-0.3, -0.25) is 4.79 Å². The van der Waals surface area contributed by atoms with Crippen molar-refractivity contribution in [1.82, 2.24) is 0 Å². The van der Waals surface area contributed by atoms with E-state index in [0.717, 1.165) is 5.37 Å². The molecule has 0 saturated heterocycles. The summed E-state index contributed by atoms with van der Waals surface area (Å²) in [6, 6.07) is 0. The molecule has 0 saturated carbocycles. The lowest BCUT2D eigenvalue weighted by atomic mass is 10.2. The van der Waals surface area contributed by atoms with Crippen molar-refractivity contribution in [3.63, 3.8) is 0 Å². The van der Waals surface area contributed by atoms with Crippen molar-refractivity contribution in [2.45, 2.75) is 0 Å². The Hall–Kier alpha value is -0.700. The lowest BCUT2D eigenvalue weighted by molar-refractivity contribution is -0.137. The van der Waals surface area contributed by atoms with Gasteiger partial charge in [0.1, 0.15) is 5.92 Å². The molecule has 0 aromatic carbocycles. The van der Waals surface area contributed by atoms with E-state index in [1.807, 2.05) is 0 Å². The predicted octanol–water partition coefficient (Wildman–Crippen LogP) is 0.873. The molecular formula is C5H6O2S. The summed E-state index contributed by atoms with van der Waals surface area (Å²) in [6.07, 6.45) is 1.29. The van der Waals surface area contributed by atoms with Crippen LogP contribution in [0.15, 0.2) is 12.7 Å². The Morgan fingerprint density at radius 3 is 2.38 bits per heavy atom. The summed E-state index contributed by atoms with van der Waals surface area (Å²) in [4.78, 5) is 9.99. The molecule has 1 N–H and O–H groups in total. The van der Waals surface area contributed by atoms with Crippen molar-refractivity contribution >= 4 is 23.6 Å². The van der Waals surface area contributed by atoms with Crippen molar-refractivity contribution in [2.24, 2.45) is 5.92 Å². The van der Waals surface area contributed by atoms with Crippen LogP contribution in [0.25, 0.3) is 0 Å². The Labute approximate surface area is 52.8 Å². The Kier molecular flexibility index (Phi) is 3.03. The zero-order chi connectivity index (χ0) is 6.57. The molecule has 3 heteroatoms. The second-order valence-electron chi connectivity index (χ2n) is 1.24. The van der Waals surface area contributed by atoms with E-state index >= 15 is 0 Å². The van der Waals surface area contributed by atoms with Crippen molar-refractivity contribution in [1.29, 1.82) is 0 Å². The van der Waals surface area contributed by atoms with Gasteiger partial charge < -0.3 is 5.11 Å². The molecule has 1 atom stereocenters. The largest absolute Gasteiger partial charge is 0.481 e. The van der Waals surface area contributed by atoms with E-state index in [4.69, 9.17) is 5.11 Å². The maximum Gasteiger partial charge on any atom is 0.315 e. The van der Waals surface area contributed by atoms with Gasteiger partial charge in [-0.05, 0) is 5.37 Å². The van der Waals surface area contributed by atoms with E-state index in [-0.39, 0.29) is 0 Å². The minimum Gasteiger partial charge on any atom is -0.481 e. The van der Waals surface area contributed by atoms with Gasteiger partial charge in [0.25, 0.3) is 0 Å². The number of rotatable bonds is 3. The van der Waals surface area contributed by atoms with Gasteiger partial charge in [-0.1, -0.05) is 18.3 Å². The molecular weight excluding hydrogens is 124 g/mol. The first-order valence-corrected chi connectivity index (χ1v) is 2.50. The molecule has 2 nitrogen and oxygen atoms in total. The van der Waals surface area contributed by atoms with Gasteiger partial charge in [0.2, 0.25) is 0 Å². The van der Waals surface area contributed by atoms with Gasteiger partial charge in [0, 0.05) is 0 Å². The summed E-state index contributed by atoms with van der Waals surface area (Å²) in [7, 11) is 0. The minimum absolute atomic E-state index is 0.676. The van der Waals surface area contributed by atoms with E-state index in [1.165, 1.54) is 6.08 Å². The van der Waals surface area contributed by atoms with Crippen molar-refractivity contribution in [3.05, 3.63) is 12.7 Å². The zero-order valence-corrected chi connectivity index (χ0v) is 5.02. The smallest absolute Gasteiger partial charge is 0.315 e. The Balaban J connectivity index is 3.88. The number of carbonyl (C=O) groups is 1. The van der Waals surface area contributed by atoms with Gasteiger partial charge in [-0.25, -0.2) is 0 Å². The Morgan fingerprint density at radius 1 is 1.88 bits per heavy atom. The third-order valence-electron chi connectivity index (χ3n) is 0.686. The first-order chi connectivity index (χ1) is 3.72. The van der Waals surface area contributed by atoms with Crippen LogP contribution in [-0.2, 0) is 4.79 Å². The SMILES string of the molecule is C=C[C@H](C=S)C(=O)O. The monoisotopic (exact) mass is 130 g/mol. The summed E-state index contributed by atoms with van der Waals surface area (Å²) in [5, 5.41) is 9.37. The number of thiocarbonyl (C=S) groups is 1. The lowest BCUT2D eigenvalue weighted by Crippen LogP contribution is -2.10. The molecule has 0 aliphatic heterocycles. The topological polar surface area (TPSA) is 37.3 Å². The van der Waals surface area contributed by atoms with E-state index in [0.29, 0.717) is 0 Å². The number of hydrogen-bond donors (Lipinski definition) is 1. The van der Waals surface area contributed by atoms with Crippen LogP contribution in [0.1, 0.15) is 0 Å². The molecule has 0 aliphatic rings. The van der Waals surface area contributed by atoms with Gasteiger partial charge in [-0.2, -0.15) is 0 Å². The van der Waals surface area contributed by atoms with Crippen molar-refractivity contribution in [3.8, 4) is 0 Å². The standard InChI is InChI=1S/C5H6O2S/c1-2-4(3-8)5(6)7/h2-4H,1H2,(H,6,7)/t4-/m1/s1. The fraction of sp³-hybridized carbons (Fsp3) is 0.200. The highest BCUT2D eigenvalue weighted by atomic mass is 32.1. The maximum atomic E-state index is 9.99. The van der Waals surface area contributed by atoms with Crippen LogP contribution in [0.5, 0.6) is 0 Å². The normalized spacial score (nSPS) is 12.0. The third-order valence-corrected chi connectivity index (χ3v) is 0.979. The highest BCUT2D eigenvalue weighted by Gasteiger charge is 2.06. The van der Waals surface area contributed by atoms with Crippen LogP contribution in [0.2, 0.25) is 0 Å². The lowest BCUT2D eigenvalue weighted by Gasteiger charge is -1.93. The molecule has 0 amide bonds. The van der Waals surface area contributed by atoms with E-state index in [1.54, 1.807) is 0 Å². The number of hydrogen-bond acceptors (Lipinski definition) is 2. The molecule has 0 fully saturated rings. The highest BCUT2D eigenvalue weighted by molar-refractivity contribution is 7.79. The third kappa shape index (κ3) is 1.84. The van der Waals surface area contributed by atoms with Gasteiger partial charge >= 0.3 is 5.97 Å². The molecule has 0 aliphatic carbocycles. The summed E-state index contributed by atoms with van der Waals surface area (Å²) < 4.78 is 0. The summed E-state index contributed by atoms with van der Waals surface area (Å²) in [6.45, 7) is 3.27. The number of aliphatic carboxylic acids is 1. The number of carboxylic acids is 1. The second kappa shape index (κ2) is 3.32. The summed E-state index contributed by atoms with van der Waals surface area (Å²) in [5.41, 5.74) is 0. The quantitative estimate of drug-likeness (QED) is 0.455. The van der Waals surface area contributed by atoms with Crippen LogP contribution in [0, 0.1) is 5.92 Å². The van der Waals surface area contributed by atoms with E-state index in [2.05, 4.69) is 18.8 Å². The average molecular weight is 130 g/mol. The van der Waals surface area contributed by atoms with Gasteiger partial charge in [-0.15, -0.1) is 6.58 Å². The molecule has 0 aromatic rings. The fourth-order valence-electron chi connectivity index (χ4n) is 0.215. The molecule has 0 spiro atoms. The fourth-order valence-corrected chi connectivity index (χ4v) is 0.442. The van der Waals surface area contributed by atoms with E-state index in [9.17, 15) is 4.79 Å². The Bertz CT molecular complexity index is 112. The first-order valence-electron chi connectivity index (χ1n) is 2.03. The summed E-state index contributed by atoms with van der Waals surface area (Å²) >= 11 is 4.37. The Morgan fingerprint density at radius 2 is 2.38 bits per heavy atom. The van der Waals surface area contributed by atoms with Crippen LogP contribution < -0.4 is 0 Å². The van der Waals surface area contributed by atoms with Crippen LogP contribution in [0.3, 0.4) is 0 Å². The molecule has 0 unspecified atom stereocenters. The predicted molar refractivity (Wildman–Crippen MR) is 35.0 cm³/mol. The zero-order valence-electron chi connectivity index (χ0n) is 4.20. The highest BCUT2D eigenvalue weighted by Crippen LogP contribution is 1.91. The minimum atomic E-state index is -0.949. The van der Waals surface area contributed by atoms with Crippen molar-refractivity contribution in [2.75, 3.05) is 0 Å². The molecule has 0 aromatic heterocycles. The first kappa shape index (κ1) is 7.30. The van der Waals surface area contributed by atoms with Gasteiger partial charge in [0.15, 0.2) is 0 Å². The molecule has 8 heavy (non-hydrogen) atoms. The molecule has 0 rings (SSSR count). The molecule has 44 valence electrons. The molecule has 0 radical (unpaired) electrons. The maximum absolute atomic E-state index is 9.99.